The van der Waals surface area contributed by atoms with Crippen molar-refractivity contribution in [2.75, 3.05) is 5.75 Å². The minimum Gasteiger partial charge on any atom is -0.327 e. The first kappa shape index (κ1) is 13.9. The van der Waals surface area contributed by atoms with E-state index in [2.05, 4.69) is 48.3 Å². The van der Waals surface area contributed by atoms with E-state index in [1.807, 2.05) is 24.5 Å². The van der Waals surface area contributed by atoms with Crippen LogP contribution in [-0.2, 0) is 7.05 Å². The molecule has 0 aliphatic carbocycles. The molecular weight excluding hydrogens is 278 g/mol. The molecule has 0 saturated carbocycles. The summed E-state index contributed by atoms with van der Waals surface area (Å²) in [6, 6.07) is 8.39. The molecule has 0 fully saturated rings. The second-order valence-corrected chi connectivity index (χ2v) is 6.02. The third-order valence-electron chi connectivity index (χ3n) is 3.42. The van der Waals surface area contributed by atoms with Crippen molar-refractivity contribution in [2.45, 2.75) is 11.8 Å². The van der Waals surface area contributed by atoms with Gasteiger partial charge in [0.25, 0.3) is 0 Å². The molecule has 4 heteroatoms. The second kappa shape index (κ2) is 5.74. The lowest BCUT2D eigenvalue weighted by atomic mass is 10.2. The van der Waals surface area contributed by atoms with Crippen LogP contribution in [0.25, 0.3) is 22.4 Å². The molecule has 21 heavy (non-hydrogen) atoms. The van der Waals surface area contributed by atoms with Crippen molar-refractivity contribution < 1.29 is 0 Å². The highest BCUT2D eigenvalue weighted by Crippen LogP contribution is 2.31. The Labute approximate surface area is 128 Å². The number of imidazole rings is 1. The predicted octanol–water partition coefficient (Wildman–Crippen LogP) is 4.22. The smallest absolute Gasteiger partial charge is 0.142 e. The maximum Gasteiger partial charge on any atom is 0.142 e. The third-order valence-corrected chi connectivity index (χ3v) is 4.46. The topological polar surface area (TPSA) is 30.7 Å². The van der Waals surface area contributed by atoms with Crippen LogP contribution >= 0.6 is 11.8 Å². The van der Waals surface area contributed by atoms with Crippen LogP contribution < -0.4 is 0 Å². The van der Waals surface area contributed by atoms with Gasteiger partial charge in [-0.05, 0) is 30.7 Å². The summed E-state index contributed by atoms with van der Waals surface area (Å²) in [5.74, 6) is 1.84. The van der Waals surface area contributed by atoms with Crippen LogP contribution in [0.15, 0.2) is 54.2 Å². The molecule has 0 atom stereocenters. The fourth-order valence-electron chi connectivity index (χ4n) is 2.38. The summed E-state index contributed by atoms with van der Waals surface area (Å²) in [5, 5.41) is 0. The van der Waals surface area contributed by atoms with E-state index in [-0.39, 0.29) is 0 Å². The van der Waals surface area contributed by atoms with E-state index < -0.39 is 0 Å². The van der Waals surface area contributed by atoms with Gasteiger partial charge in [0.05, 0.1) is 11.0 Å². The monoisotopic (exact) mass is 295 g/mol. The minimum absolute atomic E-state index is 0.863. The summed E-state index contributed by atoms with van der Waals surface area (Å²) in [5.41, 5.74) is 4.52. The Balaban J connectivity index is 2.16. The molecule has 106 valence electrons. The van der Waals surface area contributed by atoms with E-state index in [1.54, 1.807) is 11.8 Å². The van der Waals surface area contributed by atoms with Crippen molar-refractivity contribution in [3.05, 3.63) is 54.9 Å². The van der Waals surface area contributed by atoms with Crippen molar-refractivity contribution >= 4 is 22.8 Å². The fourth-order valence-corrected chi connectivity index (χ4v) is 3.13. The van der Waals surface area contributed by atoms with Gasteiger partial charge in [0.15, 0.2) is 0 Å². The lowest BCUT2D eigenvalue weighted by Gasteiger charge is -2.07. The molecule has 0 unspecified atom stereocenters. The van der Waals surface area contributed by atoms with Gasteiger partial charge in [-0.2, -0.15) is 0 Å². The van der Waals surface area contributed by atoms with E-state index >= 15 is 0 Å². The summed E-state index contributed by atoms with van der Waals surface area (Å²) in [6.45, 7) is 5.87. The molecule has 0 radical (unpaired) electrons. The average Bonchev–Trinajstić information content (AvgIpc) is 2.81. The summed E-state index contributed by atoms with van der Waals surface area (Å²) < 4.78 is 2.14. The molecule has 2 heterocycles. The number of fused-ring (bicyclic) bond motifs is 1. The Kier molecular flexibility index (Phi) is 3.80. The number of thioether (sulfide) groups is 1. The van der Waals surface area contributed by atoms with Crippen LogP contribution in [0.2, 0.25) is 0 Å². The molecule has 0 N–H and O–H groups in total. The fraction of sp³-hybridized carbons (Fsp3) is 0.176. The van der Waals surface area contributed by atoms with E-state index in [9.17, 15) is 0 Å². The third kappa shape index (κ3) is 2.59. The summed E-state index contributed by atoms with van der Waals surface area (Å²) in [7, 11) is 2.06. The number of hydrogen-bond acceptors (Lipinski definition) is 3. The predicted molar refractivity (Wildman–Crippen MR) is 89.6 cm³/mol. The summed E-state index contributed by atoms with van der Waals surface area (Å²) in [6.07, 6.45) is 5.62. The van der Waals surface area contributed by atoms with Crippen LogP contribution in [0.5, 0.6) is 0 Å². The van der Waals surface area contributed by atoms with Crippen molar-refractivity contribution in [3.63, 3.8) is 0 Å². The van der Waals surface area contributed by atoms with Gasteiger partial charge < -0.3 is 4.57 Å². The van der Waals surface area contributed by atoms with Crippen LogP contribution in [-0.4, -0.2) is 20.3 Å². The highest BCUT2D eigenvalue weighted by atomic mass is 32.2. The lowest BCUT2D eigenvalue weighted by Crippen LogP contribution is -1.94. The molecule has 0 aliphatic rings. The molecule has 1 aromatic carbocycles. The number of aryl methyl sites for hydroxylation is 2. The molecule has 0 amide bonds. The number of rotatable bonds is 4. The van der Waals surface area contributed by atoms with Crippen LogP contribution in [0.4, 0.5) is 0 Å². The van der Waals surface area contributed by atoms with Gasteiger partial charge in [0.1, 0.15) is 5.82 Å². The van der Waals surface area contributed by atoms with Gasteiger partial charge in [-0.1, -0.05) is 12.1 Å². The largest absolute Gasteiger partial charge is 0.327 e. The molecule has 0 saturated heterocycles. The van der Waals surface area contributed by atoms with E-state index in [1.165, 1.54) is 5.56 Å². The van der Waals surface area contributed by atoms with Crippen LogP contribution in [0.3, 0.4) is 0 Å². The highest BCUT2D eigenvalue weighted by Gasteiger charge is 2.13. The van der Waals surface area contributed by atoms with Crippen LogP contribution in [0, 0.1) is 6.92 Å². The second-order valence-electron chi connectivity index (χ2n) is 4.96. The van der Waals surface area contributed by atoms with E-state index in [0.717, 1.165) is 33.1 Å². The van der Waals surface area contributed by atoms with Gasteiger partial charge >= 0.3 is 0 Å². The van der Waals surface area contributed by atoms with Crippen molar-refractivity contribution in [1.82, 2.24) is 14.5 Å². The van der Waals surface area contributed by atoms with Gasteiger partial charge in [-0.3, -0.25) is 4.98 Å². The number of pyridine rings is 1. The molecule has 0 bridgehead atoms. The van der Waals surface area contributed by atoms with Gasteiger partial charge in [-0.15, -0.1) is 18.3 Å². The first-order valence-corrected chi connectivity index (χ1v) is 7.80. The zero-order chi connectivity index (χ0) is 14.8. The average molecular weight is 295 g/mol. The number of benzene rings is 1. The standard InChI is InChI=1S/C17H17N3S/c1-4-9-21-16-11-18-8-7-13(16)17-19-14-10-12(2)5-6-15(14)20(17)3/h4-8,10-11H,1,9H2,2-3H3. The van der Waals surface area contributed by atoms with Crippen molar-refractivity contribution in [3.8, 4) is 11.4 Å². The first-order valence-electron chi connectivity index (χ1n) is 6.82. The Morgan fingerprint density at radius 1 is 1.33 bits per heavy atom. The molecule has 0 spiro atoms. The maximum absolute atomic E-state index is 4.81. The van der Waals surface area contributed by atoms with E-state index in [4.69, 9.17) is 4.98 Å². The Hall–Kier alpha value is -2.07. The SMILES string of the molecule is C=CCSc1cnccc1-c1nc2cc(C)ccc2n1C. The zero-order valence-corrected chi connectivity index (χ0v) is 13.0. The van der Waals surface area contributed by atoms with Crippen molar-refractivity contribution in [1.29, 1.82) is 0 Å². The highest BCUT2D eigenvalue weighted by molar-refractivity contribution is 7.99. The number of nitrogens with zero attached hydrogens (tertiary/aromatic N) is 3. The molecule has 3 aromatic rings. The van der Waals surface area contributed by atoms with Gasteiger partial charge in [-0.25, -0.2) is 4.98 Å². The Morgan fingerprint density at radius 2 is 2.19 bits per heavy atom. The minimum atomic E-state index is 0.863. The van der Waals surface area contributed by atoms with Crippen molar-refractivity contribution in [2.24, 2.45) is 7.05 Å². The Bertz CT molecular complexity index is 805. The molecule has 0 aliphatic heterocycles. The normalized spacial score (nSPS) is 11.0. The summed E-state index contributed by atoms with van der Waals surface area (Å²) >= 11 is 1.73. The van der Waals surface area contributed by atoms with E-state index in [0.29, 0.717) is 0 Å². The van der Waals surface area contributed by atoms with Gasteiger partial charge in [0.2, 0.25) is 0 Å². The number of hydrogen-bond donors (Lipinski definition) is 0. The quantitative estimate of drug-likeness (QED) is 0.533. The Morgan fingerprint density at radius 3 is 3.00 bits per heavy atom. The molecule has 2 aromatic heterocycles. The zero-order valence-electron chi connectivity index (χ0n) is 12.2. The molecule has 3 nitrogen and oxygen atoms in total. The number of aromatic nitrogens is 3. The maximum atomic E-state index is 4.81. The summed E-state index contributed by atoms with van der Waals surface area (Å²) in [4.78, 5) is 10.2. The lowest BCUT2D eigenvalue weighted by molar-refractivity contribution is 0.953. The van der Waals surface area contributed by atoms with Gasteiger partial charge in [0, 0.05) is 35.7 Å². The van der Waals surface area contributed by atoms with Crippen LogP contribution in [0.1, 0.15) is 5.56 Å². The first-order chi connectivity index (χ1) is 10.2. The molecule has 3 rings (SSSR count). The molecular formula is C17H17N3S.